The van der Waals surface area contributed by atoms with E-state index in [2.05, 4.69) is 0 Å². The highest BCUT2D eigenvalue weighted by Gasteiger charge is 2.09. The lowest BCUT2D eigenvalue weighted by atomic mass is 10.1. The number of rotatable bonds is 4. The number of aryl methyl sites for hydroxylation is 1. The molecule has 0 amide bonds. The zero-order valence-corrected chi connectivity index (χ0v) is 11.4. The van der Waals surface area contributed by atoms with Gasteiger partial charge in [0.25, 0.3) is 5.56 Å². The Morgan fingerprint density at radius 2 is 1.86 bits per heavy atom. The summed E-state index contributed by atoms with van der Waals surface area (Å²) in [7, 11) is 0. The molecule has 1 aromatic heterocycles. The molecule has 110 valence electrons. The Labute approximate surface area is 119 Å². The largest absolute Gasteiger partial charge is 0.478 e. The first-order valence-electron chi connectivity index (χ1n) is 6.36. The highest BCUT2D eigenvalue weighted by atomic mass is 16.4. The molecule has 1 aromatic carbocycles. The number of carbonyl (C=O) groups is 1. The van der Waals surface area contributed by atoms with E-state index in [0.717, 1.165) is 4.57 Å². The van der Waals surface area contributed by atoms with Crippen molar-refractivity contribution < 1.29 is 9.90 Å². The zero-order chi connectivity index (χ0) is 15.6. The lowest BCUT2D eigenvalue weighted by Crippen LogP contribution is -2.40. The molecule has 0 saturated carbocycles. The van der Waals surface area contributed by atoms with E-state index in [-0.39, 0.29) is 17.8 Å². The summed E-state index contributed by atoms with van der Waals surface area (Å²) in [5.41, 5.74) is 5.41. The van der Waals surface area contributed by atoms with Gasteiger partial charge in [-0.15, -0.1) is 0 Å². The van der Waals surface area contributed by atoms with Crippen LogP contribution in [0.2, 0.25) is 0 Å². The second-order valence-corrected chi connectivity index (χ2v) is 4.55. The maximum absolute atomic E-state index is 12.1. The number of benzene rings is 1. The molecular formula is C14H15N3O4. The fourth-order valence-electron chi connectivity index (χ4n) is 1.98. The van der Waals surface area contributed by atoms with E-state index in [1.54, 1.807) is 19.1 Å². The molecule has 0 bridgehead atoms. The molecule has 2 rings (SSSR count). The average Bonchev–Trinajstić information content (AvgIpc) is 2.47. The van der Waals surface area contributed by atoms with Crippen LogP contribution in [0.4, 0.5) is 5.69 Å². The number of hydrogen-bond acceptors (Lipinski definition) is 4. The van der Waals surface area contributed by atoms with Gasteiger partial charge in [0.05, 0.1) is 12.1 Å². The molecule has 21 heavy (non-hydrogen) atoms. The Morgan fingerprint density at radius 1 is 1.24 bits per heavy atom. The monoisotopic (exact) mass is 289 g/mol. The van der Waals surface area contributed by atoms with Crippen molar-refractivity contribution in [3.05, 3.63) is 62.4 Å². The SMILES string of the molecule is CCn1cc(N)c(=O)n(Cc2ccc(C(=O)O)cc2)c1=O. The third kappa shape index (κ3) is 2.86. The predicted molar refractivity (Wildman–Crippen MR) is 77.6 cm³/mol. The van der Waals surface area contributed by atoms with Crippen LogP contribution >= 0.6 is 0 Å². The molecule has 0 radical (unpaired) electrons. The molecule has 0 saturated heterocycles. The van der Waals surface area contributed by atoms with Crippen molar-refractivity contribution in [1.29, 1.82) is 0 Å². The van der Waals surface area contributed by atoms with Crippen LogP contribution < -0.4 is 17.0 Å². The molecule has 7 heteroatoms. The Bertz CT molecular complexity index is 787. The van der Waals surface area contributed by atoms with Crippen LogP contribution in [0, 0.1) is 0 Å². The smallest absolute Gasteiger partial charge is 0.335 e. The topological polar surface area (TPSA) is 107 Å². The highest BCUT2D eigenvalue weighted by Crippen LogP contribution is 2.05. The normalized spacial score (nSPS) is 10.5. The van der Waals surface area contributed by atoms with E-state index in [9.17, 15) is 14.4 Å². The molecule has 0 spiro atoms. The van der Waals surface area contributed by atoms with E-state index < -0.39 is 17.2 Å². The number of hydrogen-bond donors (Lipinski definition) is 2. The number of nitrogens with two attached hydrogens (primary N) is 1. The molecule has 0 atom stereocenters. The van der Waals surface area contributed by atoms with Crippen molar-refractivity contribution in [3.63, 3.8) is 0 Å². The van der Waals surface area contributed by atoms with Gasteiger partial charge < -0.3 is 10.8 Å². The number of carboxylic acid groups (broad SMARTS) is 1. The van der Waals surface area contributed by atoms with Gasteiger partial charge in [-0.2, -0.15) is 0 Å². The fourth-order valence-corrected chi connectivity index (χ4v) is 1.98. The Morgan fingerprint density at radius 3 is 2.38 bits per heavy atom. The van der Waals surface area contributed by atoms with E-state index in [1.165, 1.54) is 22.9 Å². The minimum atomic E-state index is -1.03. The van der Waals surface area contributed by atoms with E-state index >= 15 is 0 Å². The summed E-state index contributed by atoms with van der Waals surface area (Å²) < 4.78 is 2.39. The summed E-state index contributed by atoms with van der Waals surface area (Å²) in [5.74, 6) is -1.03. The summed E-state index contributed by atoms with van der Waals surface area (Å²) in [5, 5.41) is 8.83. The molecule has 0 fully saturated rings. The molecule has 2 aromatic rings. The van der Waals surface area contributed by atoms with Crippen LogP contribution in [0.3, 0.4) is 0 Å². The van der Waals surface area contributed by atoms with Gasteiger partial charge in [-0.25, -0.2) is 9.59 Å². The van der Waals surface area contributed by atoms with Gasteiger partial charge in [-0.1, -0.05) is 12.1 Å². The molecule has 7 nitrogen and oxygen atoms in total. The molecule has 0 aliphatic carbocycles. The van der Waals surface area contributed by atoms with E-state index in [0.29, 0.717) is 12.1 Å². The Hall–Kier alpha value is -2.83. The standard InChI is InChI=1S/C14H15N3O4/c1-2-16-8-11(15)12(18)17(14(16)21)7-9-3-5-10(6-4-9)13(19)20/h3-6,8H,2,7,15H2,1H3,(H,19,20). The molecule has 0 unspecified atom stereocenters. The molecule has 0 aliphatic rings. The molecular weight excluding hydrogens is 274 g/mol. The summed E-state index contributed by atoms with van der Waals surface area (Å²) in [6.45, 7) is 2.22. The van der Waals surface area contributed by atoms with Crippen molar-refractivity contribution in [3.8, 4) is 0 Å². The number of nitrogen functional groups attached to an aromatic ring is 1. The van der Waals surface area contributed by atoms with Crippen molar-refractivity contribution in [1.82, 2.24) is 9.13 Å². The molecule has 3 N–H and O–H groups in total. The van der Waals surface area contributed by atoms with Gasteiger partial charge in [0, 0.05) is 12.7 Å². The first-order chi connectivity index (χ1) is 9.93. The minimum Gasteiger partial charge on any atom is -0.478 e. The number of aromatic nitrogens is 2. The second kappa shape index (κ2) is 5.66. The Kier molecular flexibility index (Phi) is 3.93. The first kappa shape index (κ1) is 14.6. The maximum atomic E-state index is 12.1. The molecule has 1 heterocycles. The second-order valence-electron chi connectivity index (χ2n) is 4.55. The van der Waals surface area contributed by atoms with E-state index in [4.69, 9.17) is 10.8 Å². The van der Waals surface area contributed by atoms with Crippen molar-refractivity contribution in [2.45, 2.75) is 20.0 Å². The van der Waals surface area contributed by atoms with Gasteiger partial charge in [-0.05, 0) is 24.6 Å². The summed E-state index contributed by atoms with van der Waals surface area (Å²) >= 11 is 0. The van der Waals surface area contributed by atoms with Gasteiger partial charge >= 0.3 is 11.7 Å². The van der Waals surface area contributed by atoms with Crippen LogP contribution in [0.1, 0.15) is 22.8 Å². The van der Waals surface area contributed by atoms with Gasteiger partial charge in [0.2, 0.25) is 0 Å². The van der Waals surface area contributed by atoms with Crippen molar-refractivity contribution in [2.75, 3.05) is 5.73 Å². The highest BCUT2D eigenvalue weighted by molar-refractivity contribution is 5.87. The van der Waals surface area contributed by atoms with Crippen molar-refractivity contribution >= 4 is 11.7 Å². The molecule has 0 aliphatic heterocycles. The summed E-state index contributed by atoms with van der Waals surface area (Å²) in [6.07, 6.45) is 1.33. The predicted octanol–water partition coefficient (Wildman–Crippen LogP) is 0.359. The van der Waals surface area contributed by atoms with Crippen LogP contribution in [-0.4, -0.2) is 20.2 Å². The van der Waals surface area contributed by atoms with Crippen LogP contribution in [0.25, 0.3) is 0 Å². The zero-order valence-electron chi connectivity index (χ0n) is 11.4. The van der Waals surface area contributed by atoms with Crippen LogP contribution in [0.15, 0.2) is 40.1 Å². The quantitative estimate of drug-likeness (QED) is 0.845. The fraction of sp³-hybridized carbons (Fsp3) is 0.214. The number of anilines is 1. The van der Waals surface area contributed by atoms with E-state index in [1.807, 2.05) is 0 Å². The van der Waals surface area contributed by atoms with Crippen molar-refractivity contribution in [2.24, 2.45) is 0 Å². The van der Waals surface area contributed by atoms with Gasteiger partial charge in [0.1, 0.15) is 5.69 Å². The Balaban J connectivity index is 2.44. The number of carboxylic acids is 1. The maximum Gasteiger partial charge on any atom is 0.335 e. The third-order valence-electron chi connectivity index (χ3n) is 3.15. The average molecular weight is 289 g/mol. The lowest BCUT2D eigenvalue weighted by molar-refractivity contribution is 0.0697. The van der Waals surface area contributed by atoms with Gasteiger partial charge in [0.15, 0.2) is 0 Å². The number of nitrogens with zero attached hydrogens (tertiary/aromatic N) is 2. The van der Waals surface area contributed by atoms with Gasteiger partial charge in [-0.3, -0.25) is 13.9 Å². The first-order valence-corrected chi connectivity index (χ1v) is 6.36. The third-order valence-corrected chi connectivity index (χ3v) is 3.15. The van der Waals surface area contributed by atoms with Crippen LogP contribution in [-0.2, 0) is 13.1 Å². The lowest BCUT2D eigenvalue weighted by Gasteiger charge is -2.10. The summed E-state index contributed by atoms with van der Waals surface area (Å²) in [4.78, 5) is 34.9. The minimum absolute atomic E-state index is 0.00129. The number of aromatic carboxylic acids is 1. The summed E-state index contributed by atoms with van der Waals surface area (Å²) in [6, 6.07) is 5.98. The van der Waals surface area contributed by atoms with Crippen LogP contribution in [0.5, 0.6) is 0 Å².